The van der Waals surface area contributed by atoms with Crippen molar-refractivity contribution < 1.29 is 4.42 Å². The number of aromatic nitrogens is 2. The summed E-state index contributed by atoms with van der Waals surface area (Å²) in [6, 6.07) is 11.7. The first-order valence-corrected chi connectivity index (χ1v) is 7.05. The topological polar surface area (TPSA) is 54.8 Å². The van der Waals surface area contributed by atoms with Crippen molar-refractivity contribution in [2.75, 3.05) is 0 Å². The molecule has 0 bridgehead atoms. The van der Waals surface area contributed by atoms with Crippen molar-refractivity contribution in [2.24, 2.45) is 5.92 Å². The summed E-state index contributed by atoms with van der Waals surface area (Å²) in [6.07, 6.45) is 0. The van der Waals surface area contributed by atoms with E-state index in [1.165, 1.54) is 0 Å². The maximum Gasteiger partial charge on any atom is 0.177 e. The fraction of sp³-hybridized carbons (Fsp3) is 0.294. The molecule has 0 radical (unpaired) electrons. The average molecular weight is 279 g/mol. The van der Waals surface area contributed by atoms with Crippen LogP contribution in [0.3, 0.4) is 0 Å². The standard InChI is InChI=1S/C17H17N3O/c1-11(2)10-20-15-6-5-13(9-18)8-14(15)19-17(20)16-7-4-12(3)21-16/h4-8,11H,10H2,1-3H3. The van der Waals surface area contributed by atoms with Crippen LogP contribution in [0, 0.1) is 24.2 Å². The van der Waals surface area contributed by atoms with Gasteiger partial charge in [-0.3, -0.25) is 0 Å². The van der Waals surface area contributed by atoms with Gasteiger partial charge >= 0.3 is 0 Å². The highest BCUT2D eigenvalue weighted by atomic mass is 16.3. The zero-order valence-corrected chi connectivity index (χ0v) is 12.4. The second-order valence-electron chi connectivity index (χ2n) is 5.67. The maximum absolute atomic E-state index is 9.04. The molecule has 1 aromatic carbocycles. The Kier molecular flexibility index (Phi) is 3.26. The molecule has 2 aromatic heterocycles. The third-order valence-corrected chi connectivity index (χ3v) is 3.39. The largest absolute Gasteiger partial charge is 0.458 e. The number of fused-ring (bicyclic) bond motifs is 1. The van der Waals surface area contributed by atoms with Crippen molar-refractivity contribution in [1.82, 2.24) is 9.55 Å². The molecule has 0 saturated heterocycles. The molecule has 0 fully saturated rings. The molecule has 0 aliphatic heterocycles. The third kappa shape index (κ3) is 2.43. The first kappa shape index (κ1) is 13.4. The number of hydrogen-bond acceptors (Lipinski definition) is 3. The van der Waals surface area contributed by atoms with E-state index in [4.69, 9.17) is 9.68 Å². The number of imidazole rings is 1. The van der Waals surface area contributed by atoms with E-state index in [0.717, 1.165) is 34.9 Å². The van der Waals surface area contributed by atoms with Crippen molar-refractivity contribution in [2.45, 2.75) is 27.3 Å². The van der Waals surface area contributed by atoms with Crippen molar-refractivity contribution in [3.05, 3.63) is 41.7 Å². The van der Waals surface area contributed by atoms with Crippen molar-refractivity contribution in [3.8, 4) is 17.7 Å². The van der Waals surface area contributed by atoms with E-state index in [-0.39, 0.29) is 0 Å². The minimum Gasteiger partial charge on any atom is -0.458 e. The van der Waals surface area contributed by atoms with Crippen LogP contribution in [0.1, 0.15) is 25.2 Å². The Morgan fingerprint density at radius 2 is 2.10 bits per heavy atom. The molecule has 0 aliphatic rings. The van der Waals surface area contributed by atoms with Crippen LogP contribution in [0.5, 0.6) is 0 Å². The summed E-state index contributed by atoms with van der Waals surface area (Å²) in [4.78, 5) is 4.68. The second-order valence-corrected chi connectivity index (χ2v) is 5.67. The summed E-state index contributed by atoms with van der Waals surface area (Å²) >= 11 is 0. The van der Waals surface area contributed by atoms with Crippen molar-refractivity contribution in [1.29, 1.82) is 5.26 Å². The van der Waals surface area contributed by atoms with Crippen LogP contribution in [0.2, 0.25) is 0 Å². The summed E-state index contributed by atoms with van der Waals surface area (Å²) in [5.74, 6) is 2.95. The summed E-state index contributed by atoms with van der Waals surface area (Å²) in [7, 11) is 0. The fourth-order valence-corrected chi connectivity index (χ4v) is 2.49. The Hall–Kier alpha value is -2.54. The van der Waals surface area contributed by atoms with Gasteiger partial charge < -0.3 is 8.98 Å². The van der Waals surface area contributed by atoms with E-state index < -0.39 is 0 Å². The number of nitriles is 1. The number of benzene rings is 1. The molecule has 0 atom stereocenters. The molecule has 0 aliphatic carbocycles. The number of rotatable bonds is 3. The number of furan rings is 1. The Morgan fingerprint density at radius 1 is 1.29 bits per heavy atom. The molecule has 3 rings (SSSR count). The normalized spacial score (nSPS) is 11.2. The molecule has 4 nitrogen and oxygen atoms in total. The number of nitrogens with zero attached hydrogens (tertiary/aromatic N) is 3. The summed E-state index contributed by atoms with van der Waals surface area (Å²) in [6.45, 7) is 7.13. The highest BCUT2D eigenvalue weighted by Crippen LogP contribution is 2.27. The molecular formula is C17H17N3O. The average Bonchev–Trinajstić information content (AvgIpc) is 3.02. The maximum atomic E-state index is 9.04. The first-order valence-electron chi connectivity index (χ1n) is 7.05. The summed E-state index contributed by atoms with van der Waals surface area (Å²) < 4.78 is 7.90. The number of aryl methyl sites for hydroxylation is 1. The molecule has 0 spiro atoms. The SMILES string of the molecule is Cc1ccc(-c2nc3cc(C#N)ccc3n2CC(C)C)o1. The van der Waals surface area contributed by atoms with Gasteiger partial charge in [0.25, 0.3) is 0 Å². The number of hydrogen-bond donors (Lipinski definition) is 0. The van der Waals surface area contributed by atoms with Gasteiger partial charge in [-0.15, -0.1) is 0 Å². The Morgan fingerprint density at radius 3 is 2.71 bits per heavy atom. The molecule has 106 valence electrons. The van der Waals surface area contributed by atoms with E-state index >= 15 is 0 Å². The van der Waals surface area contributed by atoms with Gasteiger partial charge in [-0.1, -0.05) is 13.8 Å². The highest BCUT2D eigenvalue weighted by molar-refractivity contribution is 5.81. The van der Waals surface area contributed by atoms with Gasteiger partial charge in [0.2, 0.25) is 0 Å². The monoisotopic (exact) mass is 279 g/mol. The summed E-state index contributed by atoms with van der Waals surface area (Å²) in [5, 5.41) is 9.04. The molecule has 0 unspecified atom stereocenters. The van der Waals surface area contributed by atoms with Gasteiger partial charge in [0, 0.05) is 6.54 Å². The molecular weight excluding hydrogens is 262 g/mol. The van der Waals surface area contributed by atoms with Crippen LogP contribution in [0.15, 0.2) is 34.7 Å². The fourth-order valence-electron chi connectivity index (χ4n) is 2.49. The molecule has 4 heteroatoms. The highest BCUT2D eigenvalue weighted by Gasteiger charge is 2.16. The van der Waals surface area contributed by atoms with Crippen LogP contribution >= 0.6 is 0 Å². The lowest BCUT2D eigenvalue weighted by Gasteiger charge is -2.10. The lowest BCUT2D eigenvalue weighted by atomic mass is 10.2. The van der Waals surface area contributed by atoms with Crippen LogP contribution in [0.25, 0.3) is 22.6 Å². The van der Waals surface area contributed by atoms with E-state index in [9.17, 15) is 0 Å². The van der Waals surface area contributed by atoms with Crippen LogP contribution in [-0.4, -0.2) is 9.55 Å². The smallest absolute Gasteiger partial charge is 0.177 e. The predicted octanol–water partition coefficient (Wildman–Crippen LogP) is 4.13. The molecule has 3 aromatic rings. The molecule has 21 heavy (non-hydrogen) atoms. The Bertz CT molecular complexity index is 833. The predicted molar refractivity (Wildman–Crippen MR) is 81.7 cm³/mol. The Labute approximate surface area is 123 Å². The van der Waals surface area contributed by atoms with E-state index in [2.05, 4.69) is 29.5 Å². The first-order chi connectivity index (χ1) is 10.1. The van der Waals surface area contributed by atoms with Gasteiger partial charge in [-0.25, -0.2) is 4.98 Å². The molecule has 2 heterocycles. The Balaban J connectivity index is 2.24. The van der Waals surface area contributed by atoms with Gasteiger partial charge in [0.1, 0.15) is 5.76 Å². The van der Waals surface area contributed by atoms with Crippen LogP contribution < -0.4 is 0 Å². The van der Waals surface area contributed by atoms with Gasteiger partial charge in [0.15, 0.2) is 11.6 Å². The van der Waals surface area contributed by atoms with E-state index in [0.29, 0.717) is 11.5 Å². The quantitative estimate of drug-likeness (QED) is 0.724. The minimum absolute atomic E-state index is 0.493. The van der Waals surface area contributed by atoms with E-state index in [1.54, 1.807) is 0 Å². The third-order valence-electron chi connectivity index (χ3n) is 3.39. The zero-order valence-electron chi connectivity index (χ0n) is 12.4. The zero-order chi connectivity index (χ0) is 15.0. The lowest BCUT2D eigenvalue weighted by molar-refractivity contribution is 0.513. The van der Waals surface area contributed by atoms with Gasteiger partial charge in [-0.2, -0.15) is 5.26 Å². The van der Waals surface area contributed by atoms with Gasteiger partial charge in [-0.05, 0) is 43.2 Å². The lowest BCUT2D eigenvalue weighted by Crippen LogP contribution is -2.05. The minimum atomic E-state index is 0.493. The molecule has 0 saturated carbocycles. The van der Waals surface area contributed by atoms with Crippen LogP contribution in [0.4, 0.5) is 0 Å². The van der Waals surface area contributed by atoms with Crippen molar-refractivity contribution in [3.63, 3.8) is 0 Å². The van der Waals surface area contributed by atoms with Gasteiger partial charge in [0.05, 0.1) is 22.7 Å². The van der Waals surface area contributed by atoms with E-state index in [1.807, 2.05) is 37.3 Å². The molecule has 0 amide bonds. The van der Waals surface area contributed by atoms with Crippen molar-refractivity contribution >= 4 is 11.0 Å². The summed E-state index contributed by atoms with van der Waals surface area (Å²) in [5.41, 5.74) is 2.49. The second kappa shape index (κ2) is 5.10. The van der Waals surface area contributed by atoms with Crippen LogP contribution in [-0.2, 0) is 6.54 Å². The molecule has 0 N–H and O–H groups in total.